The highest BCUT2D eigenvalue weighted by molar-refractivity contribution is 7.00. The van der Waals surface area contributed by atoms with E-state index >= 15 is 0 Å². The van der Waals surface area contributed by atoms with E-state index < -0.39 is 0 Å². The third-order valence-corrected chi connectivity index (χ3v) is 1.88. The van der Waals surface area contributed by atoms with Crippen molar-refractivity contribution < 1.29 is 0 Å². The van der Waals surface area contributed by atoms with Crippen LogP contribution in [0.25, 0.3) is 0 Å². The molecule has 0 bridgehead atoms. The van der Waals surface area contributed by atoms with E-state index in [1.165, 1.54) is 0 Å². The van der Waals surface area contributed by atoms with Gasteiger partial charge in [0.1, 0.15) is 0 Å². The third kappa shape index (κ3) is 4.75. The van der Waals surface area contributed by atoms with Crippen LogP contribution in [0.5, 0.6) is 0 Å². The summed E-state index contributed by atoms with van der Waals surface area (Å²) in [6, 6.07) is 0. The average Bonchev–Trinajstić information content (AvgIpc) is 1.61. The van der Waals surface area contributed by atoms with E-state index in [9.17, 15) is 0 Å². The summed E-state index contributed by atoms with van der Waals surface area (Å²) < 4.78 is 0. The van der Waals surface area contributed by atoms with Gasteiger partial charge in [0.25, 0.3) is 0 Å². The Kier molecular flexibility index (Phi) is 6.48. The Balaban J connectivity index is 2.73. The van der Waals surface area contributed by atoms with E-state index in [-0.39, 0.29) is 0 Å². The van der Waals surface area contributed by atoms with Crippen molar-refractivity contribution in [2.75, 3.05) is 0 Å². The second-order valence-corrected chi connectivity index (χ2v) is 2.96. The van der Waals surface area contributed by atoms with Crippen molar-refractivity contribution in [2.24, 2.45) is 0 Å². The first-order valence-corrected chi connectivity index (χ1v) is 5.47. The van der Waals surface area contributed by atoms with Crippen LogP contribution in [0.1, 0.15) is 0 Å². The van der Waals surface area contributed by atoms with Crippen LogP contribution in [0, 0.1) is 0 Å². The van der Waals surface area contributed by atoms with Gasteiger partial charge in [0.2, 0.25) is 17.7 Å². The minimum atomic E-state index is 0.379. The fourth-order valence-electron chi connectivity index (χ4n) is 0.0630. The molecule has 0 nitrogen and oxygen atoms in total. The molecule has 0 aliphatic rings. The average molecular weight is 153 g/mol. The molecule has 0 aromatic rings. The van der Waals surface area contributed by atoms with Gasteiger partial charge in [-0.2, -0.15) is 22.2 Å². The maximum absolute atomic E-state index is 5.27. The molecule has 6 heavy (non-hydrogen) atoms. The van der Waals surface area contributed by atoms with E-state index in [2.05, 4.69) is 0 Å². The molecule has 4 radical (unpaired) electrons. The van der Waals surface area contributed by atoms with Gasteiger partial charge < -0.3 is 0 Å². The molecule has 0 heterocycles. The van der Waals surface area contributed by atoms with Crippen molar-refractivity contribution in [2.45, 2.75) is 0 Å². The maximum Gasteiger partial charge on any atom is 0.201 e. The SMILES string of the molecule is Cl[Si]C=C[Si]Cl. The Morgan fingerprint density at radius 2 is 1.33 bits per heavy atom. The van der Waals surface area contributed by atoms with E-state index in [4.69, 9.17) is 22.2 Å². The Bertz CT molecular complexity index is 38.8. The highest BCUT2D eigenvalue weighted by Gasteiger charge is 1.69. The lowest BCUT2D eigenvalue weighted by Gasteiger charge is -1.65. The summed E-state index contributed by atoms with van der Waals surface area (Å²) in [5.41, 5.74) is 3.71. The van der Waals surface area contributed by atoms with Crippen LogP contribution < -0.4 is 0 Å². The van der Waals surface area contributed by atoms with Crippen LogP contribution in [0.4, 0.5) is 0 Å². The molecule has 32 valence electrons. The second kappa shape index (κ2) is 5.75. The Morgan fingerprint density at radius 3 is 1.50 bits per heavy atom. The fraction of sp³-hybridized carbons (Fsp3) is 0. The van der Waals surface area contributed by atoms with Gasteiger partial charge in [-0.15, -0.1) is 0 Å². The van der Waals surface area contributed by atoms with Crippen molar-refractivity contribution in [3.05, 3.63) is 11.4 Å². The van der Waals surface area contributed by atoms with Crippen LogP contribution in [0.2, 0.25) is 0 Å². The van der Waals surface area contributed by atoms with Crippen molar-refractivity contribution in [1.29, 1.82) is 0 Å². The van der Waals surface area contributed by atoms with Crippen molar-refractivity contribution in [3.8, 4) is 0 Å². The van der Waals surface area contributed by atoms with Crippen molar-refractivity contribution >= 4 is 39.8 Å². The Hall–Kier alpha value is 0.754. The first kappa shape index (κ1) is 6.75. The number of halogens is 2. The lowest BCUT2D eigenvalue weighted by Crippen LogP contribution is -1.68. The van der Waals surface area contributed by atoms with Gasteiger partial charge in [-0.3, -0.25) is 0 Å². The normalized spacial score (nSPS) is 10.3. The number of rotatable bonds is 2. The predicted octanol–water partition coefficient (Wildman–Crippen LogP) is 1.17. The highest BCUT2D eigenvalue weighted by atomic mass is 35.6. The zero-order valence-corrected chi connectivity index (χ0v) is 6.42. The van der Waals surface area contributed by atoms with E-state index in [1.54, 1.807) is 0 Å². The summed E-state index contributed by atoms with van der Waals surface area (Å²) in [6.07, 6.45) is 0. The lowest BCUT2D eigenvalue weighted by molar-refractivity contribution is 2.47. The van der Waals surface area contributed by atoms with Crippen molar-refractivity contribution in [3.63, 3.8) is 0 Å². The molecule has 4 heteroatoms. The van der Waals surface area contributed by atoms with Gasteiger partial charge in [-0.25, -0.2) is 0 Å². The zero-order valence-electron chi connectivity index (χ0n) is 2.91. The van der Waals surface area contributed by atoms with E-state index in [1.807, 2.05) is 11.4 Å². The first-order valence-electron chi connectivity index (χ1n) is 1.29. The third-order valence-electron chi connectivity index (χ3n) is 0.209. The molecular weight excluding hydrogens is 151 g/mol. The second-order valence-electron chi connectivity index (χ2n) is 0.552. The van der Waals surface area contributed by atoms with Gasteiger partial charge in [0.05, 0.1) is 0 Å². The Labute approximate surface area is 51.6 Å². The Morgan fingerprint density at radius 1 is 1.00 bits per heavy atom. The van der Waals surface area contributed by atoms with Gasteiger partial charge in [-0.05, 0) is 0 Å². The summed E-state index contributed by atoms with van der Waals surface area (Å²) in [5.74, 6) is 0. The van der Waals surface area contributed by atoms with Crippen LogP contribution in [-0.2, 0) is 0 Å². The molecule has 0 aromatic heterocycles. The summed E-state index contributed by atoms with van der Waals surface area (Å²) in [4.78, 5) is 0. The molecule has 0 fully saturated rings. The predicted molar refractivity (Wildman–Crippen MR) is 32.4 cm³/mol. The zero-order chi connectivity index (χ0) is 4.83. The van der Waals surface area contributed by atoms with E-state index in [0.717, 1.165) is 0 Å². The molecule has 0 spiro atoms. The molecule has 0 amide bonds. The highest BCUT2D eigenvalue weighted by Crippen LogP contribution is 1.73. The molecule has 0 saturated carbocycles. The summed E-state index contributed by atoms with van der Waals surface area (Å²) >= 11 is 10.5. The fourth-order valence-corrected chi connectivity index (χ4v) is 1.70. The van der Waals surface area contributed by atoms with Gasteiger partial charge in [-0.1, -0.05) is 11.4 Å². The maximum atomic E-state index is 5.27. The molecular formula is C2H2Cl2Si2. The quantitative estimate of drug-likeness (QED) is 0.412. The molecule has 0 aliphatic carbocycles. The standard InChI is InChI=1S/C2H2Cl2Si2/c3-5-1-2-6-4/h1-2H. The summed E-state index contributed by atoms with van der Waals surface area (Å²) in [5, 5.41) is 0. The van der Waals surface area contributed by atoms with Gasteiger partial charge in [0, 0.05) is 0 Å². The molecule has 0 unspecified atom stereocenters. The molecule has 0 aromatic carbocycles. The molecule has 0 saturated heterocycles. The number of hydrogen-bond acceptors (Lipinski definition) is 0. The monoisotopic (exact) mass is 152 g/mol. The summed E-state index contributed by atoms with van der Waals surface area (Å²) in [6.45, 7) is 0. The van der Waals surface area contributed by atoms with Crippen LogP contribution in [0.15, 0.2) is 11.4 Å². The number of hydrogen-bond donors (Lipinski definition) is 0. The van der Waals surface area contributed by atoms with Crippen molar-refractivity contribution in [1.82, 2.24) is 0 Å². The summed E-state index contributed by atoms with van der Waals surface area (Å²) in [7, 11) is 0.758. The molecule has 0 atom stereocenters. The largest absolute Gasteiger partial charge is 0.201 e. The molecule has 0 N–H and O–H groups in total. The molecule has 0 aliphatic heterocycles. The topological polar surface area (TPSA) is 0 Å². The molecule has 0 rings (SSSR count). The lowest BCUT2D eigenvalue weighted by atomic mass is 11.2. The van der Waals surface area contributed by atoms with Gasteiger partial charge in [0.15, 0.2) is 0 Å². The minimum Gasteiger partial charge on any atom is -0.165 e. The van der Waals surface area contributed by atoms with Gasteiger partial charge >= 0.3 is 0 Å². The van der Waals surface area contributed by atoms with E-state index in [0.29, 0.717) is 17.7 Å². The first-order chi connectivity index (χ1) is 2.91. The van der Waals surface area contributed by atoms with Crippen LogP contribution in [0.3, 0.4) is 0 Å². The van der Waals surface area contributed by atoms with Crippen LogP contribution >= 0.6 is 22.2 Å². The minimum absolute atomic E-state index is 0.379. The smallest absolute Gasteiger partial charge is 0.165 e. The van der Waals surface area contributed by atoms with Crippen LogP contribution in [-0.4, -0.2) is 17.7 Å².